The molecule has 2 aromatic carbocycles. The lowest BCUT2D eigenvalue weighted by Crippen LogP contribution is -2.21. The van der Waals surface area contributed by atoms with Gasteiger partial charge in [0, 0.05) is 34.8 Å². The molecule has 2 aromatic heterocycles. The van der Waals surface area contributed by atoms with Crippen LogP contribution in [-0.4, -0.2) is 15.5 Å². The van der Waals surface area contributed by atoms with E-state index in [1.54, 1.807) is 47.3 Å². The summed E-state index contributed by atoms with van der Waals surface area (Å²) in [5.74, 6) is -0.579. The van der Waals surface area contributed by atoms with Crippen LogP contribution in [0.15, 0.2) is 96.1 Å². The third-order valence-corrected chi connectivity index (χ3v) is 4.49. The fraction of sp³-hybridized carbons (Fsp3) is 0. The first-order valence-electron chi connectivity index (χ1n) is 8.78. The van der Waals surface area contributed by atoms with Gasteiger partial charge in [-0.3, -0.25) is 19.1 Å². The first-order chi connectivity index (χ1) is 13.6. The molecule has 0 saturated carbocycles. The molecule has 0 aliphatic heterocycles. The number of nitrogens with two attached hydrogens (primary N) is 1. The monoisotopic (exact) mass is 367 g/mol. The maximum absolute atomic E-state index is 13.3. The van der Waals surface area contributed by atoms with Crippen molar-refractivity contribution in [2.45, 2.75) is 0 Å². The van der Waals surface area contributed by atoms with Crippen molar-refractivity contribution in [2.75, 3.05) is 0 Å². The molecule has 0 atom stereocenters. The molecule has 136 valence electrons. The predicted octanol–water partition coefficient (Wildman–Crippen LogP) is 3.67. The first kappa shape index (κ1) is 17.4. The number of benzene rings is 2. The number of carbonyl (C=O) groups excluding carboxylic acids is 1. The van der Waals surface area contributed by atoms with E-state index in [9.17, 15) is 9.59 Å². The molecule has 5 heteroatoms. The van der Waals surface area contributed by atoms with Gasteiger partial charge in [-0.25, -0.2) is 0 Å². The Kier molecular flexibility index (Phi) is 4.56. The number of aromatic nitrogens is 2. The Balaban J connectivity index is 2.04. The molecule has 4 rings (SSSR count). The van der Waals surface area contributed by atoms with Crippen molar-refractivity contribution < 1.29 is 4.79 Å². The largest absolute Gasteiger partial charge is 0.366 e. The van der Waals surface area contributed by atoms with Crippen LogP contribution in [-0.2, 0) is 0 Å². The van der Waals surface area contributed by atoms with Crippen molar-refractivity contribution in [3.63, 3.8) is 0 Å². The molecular formula is C23H17N3O2. The van der Waals surface area contributed by atoms with Crippen LogP contribution in [0, 0.1) is 0 Å². The van der Waals surface area contributed by atoms with Crippen LogP contribution in [0.2, 0.25) is 0 Å². The van der Waals surface area contributed by atoms with Gasteiger partial charge in [0.15, 0.2) is 0 Å². The van der Waals surface area contributed by atoms with Crippen molar-refractivity contribution in [3.05, 3.63) is 107 Å². The molecule has 4 aromatic rings. The van der Waals surface area contributed by atoms with E-state index in [1.807, 2.05) is 48.5 Å². The Morgan fingerprint density at radius 3 is 2.29 bits per heavy atom. The molecule has 0 unspecified atom stereocenters. The molecule has 1 amide bonds. The van der Waals surface area contributed by atoms with E-state index in [-0.39, 0.29) is 5.56 Å². The highest BCUT2D eigenvalue weighted by Gasteiger charge is 2.16. The summed E-state index contributed by atoms with van der Waals surface area (Å²) in [4.78, 5) is 29.6. The SMILES string of the molecule is NC(=O)c1ccccc1-c1cc(-c2ccccn2)cn(-c2ccccc2)c1=O. The van der Waals surface area contributed by atoms with Crippen molar-refractivity contribution in [1.82, 2.24) is 9.55 Å². The summed E-state index contributed by atoms with van der Waals surface area (Å²) in [6.45, 7) is 0. The van der Waals surface area contributed by atoms with Crippen LogP contribution >= 0.6 is 0 Å². The number of para-hydroxylation sites is 1. The van der Waals surface area contributed by atoms with Crippen molar-refractivity contribution >= 4 is 5.91 Å². The summed E-state index contributed by atoms with van der Waals surface area (Å²) in [6.07, 6.45) is 3.46. The molecule has 0 aliphatic rings. The number of pyridine rings is 2. The lowest BCUT2D eigenvalue weighted by Gasteiger charge is -2.13. The Hall–Kier alpha value is -3.99. The smallest absolute Gasteiger partial charge is 0.263 e. The van der Waals surface area contributed by atoms with Crippen LogP contribution in [0.1, 0.15) is 10.4 Å². The second-order valence-corrected chi connectivity index (χ2v) is 6.28. The van der Waals surface area contributed by atoms with Crippen LogP contribution in [0.3, 0.4) is 0 Å². The average Bonchev–Trinajstić information content (AvgIpc) is 2.75. The standard InChI is InChI=1S/C23H17N3O2/c24-22(27)19-11-5-4-10-18(19)20-14-16(21-12-6-7-13-25-21)15-26(23(20)28)17-8-2-1-3-9-17/h1-15H,(H2,24,27). The third kappa shape index (κ3) is 3.21. The van der Waals surface area contributed by atoms with Gasteiger partial charge in [-0.15, -0.1) is 0 Å². The lowest BCUT2D eigenvalue weighted by molar-refractivity contribution is 0.100. The van der Waals surface area contributed by atoms with Crippen LogP contribution in [0.5, 0.6) is 0 Å². The zero-order valence-corrected chi connectivity index (χ0v) is 14.9. The van der Waals surface area contributed by atoms with Gasteiger partial charge in [0.1, 0.15) is 0 Å². The Morgan fingerprint density at radius 1 is 0.857 bits per heavy atom. The minimum Gasteiger partial charge on any atom is -0.366 e. The first-order valence-corrected chi connectivity index (χ1v) is 8.78. The van der Waals surface area contributed by atoms with Gasteiger partial charge in [0.05, 0.1) is 5.69 Å². The molecule has 2 N–H and O–H groups in total. The second kappa shape index (κ2) is 7.32. The van der Waals surface area contributed by atoms with Gasteiger partial charge in [-0.05, 0) is 42.0 Å². The highest BCUT2D eigenvalue weighted by atomic mass is 16.1. The average molecular weight is 367 g/mol. The summed E-state index contributed by atoms with van der Waals surface area (Å²) < 4.78 is 1.57. The van der Waals surface area contributed by atoms with Crippen LogP contribution in [0.25, 0.3) is 28.1 Å². The molecule has 5 nitrogen and oxygen atoms in total. The third-order valence-electron chi connectivity index (χ3n) is 4.49. The summed E-state index contributed by atoms with van der Waals surface area (Å²) >= 11 is 0. The number of amides is 1. The van der Waals surface area contributed by atoms with Crippen LogP contribution in [0.4, 0.5) is 0 Å². The van der Waals surface area contributed by atoms with Gasteiger partial charge >= 0.3 is 0 Å². The number of rotatable bonds is 4. The zero-order chi connectivity index (χ0) is 19.5. The number of carbonyl (C=O) groups is 1. The maximum atomic E-state index is 13.3. The summed E-state index contributed by atoms with van der Waals surface area (Å²) in [6, 6.07) is 23.5. The Bertz CT molecular complexity index is 1200. The van der Waals surface area contributed by atoms with Crippen LogP contribution < -0.4 is 11.3 Å². The second-order valence-electron chi connectivity index (χ2n) is 6.28. The van der Waals surface area contributed by atoms with Gasteiger partial charge in [0.25, 0.3) is 5.56 Å². The maximum Gasteiger partial charge on any atom is 0.263 e. The van der Waals surface area contributed by atoms with Gasteiger partial charge < -0.3 is 5.73 Å². The van der Waals surface area contributed by atoms with E-state index < -0.39 is 5.91 Å². The fourth-order valence-electron chi connectivity index (χ4n) is 3.16. The normalized spacial score (nSPS) is 10.6. The molecule has 0 spiro atoms. The summed E-state index contributed by atoms with van der Waals surface area (Å²) in [5, 5.41) is 0. The van der Waals surface area contributed by atoms with E-state index >= 15 is 0 Å². The molecule has 2 heterocycles. The molecular weight excluding hydrogens is 350 g/mol. The highest BCUT2D eigenvalue weighted by molar-refractivity contribution is 6.00. The fourth-order valence-corrected chi connectivity index (χ4v) is 3.16. The lowest BCUT2D eigenvalue weighted by atomic mass is 9.98. The molecule has 0 bridgehead atoms. The van der Waals surface area contributed by atoms with E-state index in [1.165, 1.54) is 0 Å². The number of hydrogen-bond donors (Lipinski definition) is 1. The van der Waals surface area contributed by atoms with E-state index in [0.717, 1.165) is 16.9 Å². The van der Waals surface area contributed by atoms with Gasteiger partial charge in [0.2, 0.25) is 5.91 Å². The summed E-state index contributed by atoms with van der Waals surface area (Å²) in [5.41, 5.74) is 8.71. The van der Waals surface area contributed by atoms with Crippen molar-refractivity contribution in [2.24, 2.45) is 5.73 Å². The number of hydrogen-bond acceptors (Lipinski definition) is 3. The quantitative estimate of drug-likeness (QED) is 0.598. The Morgan fingerprint density at radius 2 is 1.57 bits per heavy atom. The zero-order valence-electron chi connectivity index (χ0n) is 14.9. The minimum absolute atomic E-state index is 0.236. The molecule has 0 radical (unpaired) electrons. The summed E-state index contributed by atoms with van der Waals surface area (Å²) in [7, 11) is 0. The highest BCUT2D eigenvalue weighted by Crippen LogP contribution is 2.26. The predicted molar refractivity (Wildman–Crippen MR) is 109 cm³/mol. The van der Waals surface area contributed by atoms with Crippen molar-refractivity contribution in [1.29, 1.82) is 0 Å². The molecule has 28 heavy (non-hydrogen) atoms. The topological polar surface area (TPSA) is 78.0 Å². The number of nitrogens with zero attached hydrogens (tertiary/aromatic N) is 2. The van der Waals surface area contributed by atoms with E-state index in [4.69, 9.17) is 5.73 Å². The molecule has 0 fully saturated rings. The minimum atomic E-state index is -0.579. The van der Waals surface area contributed by atoms with Gasteiger partial charge in [-0.1, -0.05) is 42.5 Å². The Labute approximate surface area is 161 Å². The van der Waals surface area contributed by atoms with Gasteiger partial charge in [-0.2, -0.15) is 0 Å². The molecule has 0 aliphatic carbocycles. The van der Waals surface area contributed by atoms with E-state index in [0.29, 0.717) is 16.7 Å². The molecule has 0 saturated heterocycles. The number of primary amides is 1. The van der Waals surface area contributed by atoms with E-state index in [2.05, 4.69) is 4.98 Å². The van der Waals surface area contributed by atoms with Crippen molar-refractivity contribution in [3.8, 4) is 28.1 Å².